The van der Waals surface area contributed by atoms with E-state index in [2.05, 4.69) is 5.32 Å². The van der Waals surface area contributed by atoms with Gasteiger partial charge in [-0.2, -0.15) is 0 Å². The molecule has 0 radical (unpaired) electrons. The van der Waals surface area contributed by atoms with E-state index in [9.17, 15) is 9.59 Å². The largest absolute Gasteiger partial charge is 0.497 e. The number of carbonyl (C=O) groups excluding carboxylic acids is 2. The standard InChI is InChI=1S/C21H24N2O4/c1-26-18-9-6-15(7-10-18)8-11-20(24)22-16-12-21(25)23(14-16)17-4-3-5-19(13-17)27-2/h3-7,9-10,13,16H,8,11-12,14H2,1-2H3,(H,22,24)/t16-/m1/s1. The molecule has 6 nitrogen and oxygen atoms in total. The van der Waals surface area contributed by atoms with Crippen molar-refractivity contribution >= 4 is 17.5 Å². The lowest BCUT2D eigenvalue weighted by atomic mass is 10.1. The fraction of sp³-hybridized carbons (Fsp3) is 0.333. The molecule has 0 saturated carbocycles. The molecule has 27 heavy (non-hydrogen) atoms. The number of aryl methyl sites for hydroxylation is 1. The number of benzene rings is 2. The Balaban J connectivity index is 1.51. The molecule has 1 fully saturated rings. The maximum Gasteiger partial charge on any atom is 0.229 e. The van der Waals surface area contributed by atoms with Crippen molar-refractivity contribution in [3.8, 4) is 11.5 Å². The molecule has 3 rings (SSSR count). The molecule has 0 bridgehead atoms. The zero-order valence-electron chi connectivity index (χ0n) is 15.6. The van der Waals surface area contributed by atoms with Crippen LogP contribution in [0.1, 0.15) is 18.4 Å². The Morgan fingerprint density at radius 1 is 1.11 bits per heavy atom. The smallest absolute Gasteiger partial charge is 0.229 e. The fourth-order valence-electron chi connectivity index (χ4n) is 3.18. The zero-order chi connectivity index (χ0) is 19.2. The summed E-state index contributed by atoms with van der Waals surface area (Å²) in [5, 5.41) is 2.97. The first-order valence-electron chi connectivity index (χ1n) is 8.96. The van der Waals surface area contributed by atoms with E-state index in [0.717, 1.165) is 17.0 Å². The van der Waals surface area contributed by atoms with Crippen molar-refractivity contribution in [2.75, 3.05) is 25.7 Å². The van der Waals surface area contributed by atoms with Crippen molar-refractivity contribution in [2.45, 2.75) is 25.3 Å². The summed E-state index contributed by atoms with van der Waals surface area (Å²) < 4.78 is 10.3. The molecule has 6 heteroatoms. The highest BCUT2D eigenvalue weighted by Gasteiger charge is 2.31. The number of nitrogens with one attached hydrogen (secondary N) is 1. The van der Waals surface area contributed by atoms with E-state index in [4.69, 9.17) is 9.47 Å². The highest BCUT2D eigenvalue weighted by molar-refractivity contribution is 5.97. The van der Waals surface area contributed by atoms with E-state index < -0.39 is 0 Å². The molecule has 1 N–H and O–H groups in total. The van der Waals surface area contributed by atoms with E-state index >= 15 is 0 Å². The Morgan fingerprint density at radius 3 is 2.56 bits per heavy atom. The predicted molar refractivity (Wildman–Crippen MR) is 103 cm³/mol. The number of amides is 2. The Hall–Kier alpha value is -3.02. The van der Waals surface area contributed by atoms with Gasteiger partial charge in [-0.15, -0.1) is 0 Å². The molecule has 0 spiro atoms. The summed E-state index contributed by atoms with van der Waals surface area (Å²) in [5.41, 5.74) is 1.86. The molecule has 0 unspecified atom stereocenters. The van der Waals surface area contributed by atoms with Crippen LogP contribution in [0.4, 0.5) is 5.69 Å². The molecule has 1 saturated heterocycles. The van der Waals surface area contributed by atoms with Crippen molar-refractivity contribution < 1.29 is 19.1 Å². The molecule has 2 aromatic carbocycles. The van der Waals surface area contributed by atoms with Crippen LogP contribution in [-0.4, -0.2) is 38.6 Å². The van der Waals surface area contributed by atoms with Gasteiger partial charge in [-0.1, -0.05) is 18.2 Å². The first-order chi connectivity index (χ1) is 13.1. The fourth-order valence-corrected chi connectivity index (χ4v) is 3.18. The maximum absolute atomic E-state index is 12.3. The van der Waals surface area contributed by atoms with Crippen LogP contribution in [0.15, 0.2) is 48.5 Å². The second-order valence-electron chi connectivity index (χ2n) is 6.52. The number of ether oxygens (including phenoxy) is 2. The van der Waals surface area contributed by atoms with Crippen LogP contribution >= 0.6 is 0 Å². The quantitative estimate of drug-likeness (QED) is 0.816. The number of hydrogen-bond donors (Lipinski definition) is 1. The van der Waals surface area contributed by atoms with Crippen LogP contribution in [0, 0.1) is 0 Å². The molecule has 1 atom stereocenters. The SMILES string of the molecule is COc1ccc(CCC(=O)N[C@@H]2CC(=O)N(c3cccc(OC)c3)C2)cc1. The molecule has 2 aromatic rings. The third kappa shape index (κ3) is 4.78. The summed E-state index contributed by atoms with van der Waals surface area (Å²) in [5.74, 6) is 1.46. The van der Waals surface area contributed by atoms with E-state index in [1.807, 2.05) is 48.5 Å². The highest BCUT2D eigenvalue weighted by Crippen LogP contribution is 2.25. The molecular formula is C21H24N2O4. The van der Waals surface area contributed by atoms with Gasteiger partial charge < -0.3 is 19.7 Å². The predicted octanol–water partition coefficient (Wildman–Crippen LogP) is 2.56. The molecular weight excluding hydrogens is 344 g/mol. The van der Waals surface area contributed by atoms with Gasteiger partial charge in [0.25, 0.3) is 0 Å². The topological polar surface area (TPSA) is 67.9 Å². The third-order valence-corrected chi connectivity index (χ3v) is 4.65. The molecule has 142 valence electrons. The molecule has 1 aliphatic rings. The second kappa shape index (κ2) is 8.58. The van der Waals surface area contributed by atoms with Gasteiger partial charge in [0.15, 0.2) is 0 Å². The summed E-state index contributed by atoms with van der Waals surface area (Å²) >= 11 is 0. The van der Waals surface area contributed by atoms with Gasteiger partial charge in [0.2, 0.25) is 11.8 Å². The second-order valence-corrected chi connectivity index (χ2v) is 6.52. The van der Waals surface area contributed by atoms with Crippen molar-refractivity contribution in [1.82, 2.24) is 5.32 Å². The minimum atomic E-state index is -0.174. The lowest BCUT2D eigenvalue weighted by Crippen LogP contribution is -2.37. The Morgan fingerprint density at radius 2 is 1.85 bits per heavy atom. The number of nitrogens with zero attached hydrogens (tertiary/aromatic N) is 1. The average Bonchev–Trinajstić information content (AvgIpc) is 3.06. The minimum absolute atomic E-state index is 0.00343. The van der Waals surface area contributed by atoms with Crippen molar-refractivity contribution in [1.29, 1.82) is 0 Å². The van der Waals surface area contributed by atoms with Gasteiger partial charge in [0, 0.05) is 31.1 Å². The maximum atomic E-state index is 12.3. The van der Waals surface area contributed by atoms with Crippen LogP contribution in [0.5, 0.6) is 11.5 Å². The molecule has 1 aliphatic heterocycles. The van der Waals surface area contributed by atoms with Crippen LogP contribution in [-0.2, 0) is 16.0 Å². The summed E-state index contributed by atoms with van der Waals surface area (Å²) in [7, 11) is 3.22. The number of carbonyl (C=O) groups is 2. The molecule has 0 aliphatic carbocycles. The van der Waals surface area contributed by atoms with Crippen molar-refractivity contribution in [3.05, 3.63) is 54.1 Å². The first-order valence-corrected chi connectivity index (χ1v) is 8.96. The van der Waals surface area contributed by atoms with Crippen LogP contribution in [0.2, 0.25) is 0 Å². The Bertz CT molecular complexity index is 804. The monoisotopic (exact) mass is 368 g/mol. The summed E-state index contributed by atoms with van der Waals surface area (Å²) in [4.78, 5) is 26.3. The molecule has 1 heterocycles. The van der Waals surface area contributed by atoms with Gasteiger partial charge >= 0.3 is 0 Å². The van der Waals surface area contributed by atoms with E-state index in [-0.39, 0.29) is 17.9 Å². The number of hydrogen-bond acceptors (Lipinski definition) is 4. The zero-order valence-corrected chi connectivity index (χ0v) is 15.6. The number of anilines is 1. The molecule has 0 aromatic heterocycles. The van der Waals surface area contributed by atoms with Crippen molar-refractivity contribution in [2.24, 2.45) is 0 Å². The number of methoxy groups -OCH3 is 2. The first kappa shape index (κ1) is 18.8. The normalized spacial score (nSPS) is 16.3. The Kier molecular flexibility index (Phi) is 5.96. The van der Waals surface area contributed by atoms with Crippen LogP contribution < -0.4 is 19.7 Å². The molecule has 2 amide bonds. The van der Waals surface area contributed by atoms with Crippen molar-refractivity contribution in [3.63, 3.8) is 0 Å². The minimum Gasteiger partial charge on any atom is -0.497 e. The summed E-state index contributed by atoms with van der Waals surface area (Å²) in [6, 6.07) is 14.9. The van der Waals surface area contributed by atoms with Crippen LogP contribution in [0.25, 0.3) is 0 Å². The highest BCUT2D eigenvalue weighted by atomic mass is 16.5. The van der Waals surface area contributed by atoms with E-state index in [1.54, 1.807) is 19.1 Å². The van der Waals surface area contributed by atoms with E-state index in [1.165, 1.54) is 0 Å². The lowest BCUT2D eigenvalue weighted by molar-refractivity contribution is -0.121. The lowest BCUT2D eigenvalue weighted by Gasteiger charge is -2.18. The van der Waals surface area contributed by atoms with Gasteiger partial charge in [0.05, 0.1) is 20.3 Å². The van der Waals surface area contributed by atoms with Gasteiger partial charge in [-0.3, -0.25) is 9.59 Å². The average molecular weight is 368 g/mol. The summed E-state index contributed by atoms with van der Waals surface area (Å²) in [6.45, 7) is 0.472. The van der Waals surface area contributed by atoms with E-state index in [0.29, 0.717) is 31.6 Å². The van der Waals surface area contributed by atoms with Gasteiger partial charge in [-0.05, 0) is 36.2 Å². The third-order valence-electron chi connectivity index (χ3n) is 4.65. The van der Waals surface area contributed by atoms with Gasteiger partial charge in [0.1, 0.15) is 11.5 Å². The Labute approximate surface area is 159 Å². The van der Waals surface area contributed by atoms with Crippen LogP contribution in [0.3, 0.4) is 0 Å². The number of rotatable bonds is 7. The summed E-state index contributed by atoms with van der Waals surface area (Å²) in [6.07, 6.45) is 1.34. The van der Waals surface area contributed by atoms with Gasteiger partial charge in [-0.25, -0.2) is 0 Å².